The first-order chi connectivity index (χ1) is 7.80. The van der Waals surface area contributed by atoms with E-state index in [9.17, 15) is 14.9 Å². The summed E-state index contributed by atoms with van der Waals surface area (Å²) in [6.07, 6.45) is 0. The fourth-order valence-corrected chi connectivity index (χ4v) is 1.96. The molecule has 0 aromatic heterocycles. The summed E-state index contributed by atoms with van der Waals surface area (Å²) in [5.41, 5.74) is 1.07. The summed E-state index contributed by atoms with van der Waals surface area (Å²) in [5, 5.41) is 10.7. The molecule has 0 unspecified atom stereocenters. The number of nitro groups is 1. The third-order valence-electron chi connectivity index (χ3n) is 2.91. The molecule has 17 heavy (non-hydrogen) atoms. The summed E-state index contributed by atoms with van der Waals surface area (Å²) in [4.78, 5) is 24.0. The topological polar surface area (TPSA) is 63.4 Å². The van der Waals surface area contributed by atoms with Gasteiger partial charge in [-0.2, -0.15) is 0 Å². The molecule has 1 aliphatic heterocycles. The zero-order valence-corrected chi connectivity index (χ0v) is 10.1. The number of hydrogen-bond acceptors (Lipinski definition) is 3. The van der Waals surface area contributed by atoms with Gasteiger partial charge in [-0.05, 0) is 32.4 Å². The smallest absolute Gasteiger partial charge is 0.269 e. The monoisotopic (exact) mass is 234 g/mol. The molecule has 0 bridgehead atoms. The SMILES string of the molecule is CC(C)(C)N1Cc2cc([N+](=O)[O-])ccc2C1=O. The van der Waals surface area contributed by atoms with Crippen LogP contribution in [0.3, 0.4) is 0 Å². The molecular weight excluding hydrogens is 220 g/mol. The lowest BCUT2D eigenvalue weighted by molar-refractivity contribution is -0.384. The van der Waals surface area contributed by atoms with Gasteiger partial charge in [0.25, 0.3) is 11.6 Å². The quantitative estimate of drug-likeness (QED) is 0.553. The molecule has 1 aliphatic rings. The number of nitrogens with zero attached hydrogens (tertiary/aromatic N) is 2. The highest BCUT2D eigenvalue weighted by atomic mass is 16.6. The van der Waals surface area contributed by atoms with Crippen LogP contribution in [-0.4, -0.2) is 21.3 Å². The van der Waals surface area contributed by atoms with Crippen LogP contribution in [0.4, 0.5) is 5.69 Å². The lowest BCUT2D eigenvalue weighted by atomic mass is 10.1. The normalized spacial score (nSPS) is 15.0. The Morgan fingerprint density at radius 2 is 2.00 bits per heavy atom. The second kappa shape index (κ2) is 3.55. The van der Waals surface area contributed by atoms with E-state index in [1.807, 2.05) is 20.8 Å². The fourth-order valence-electron chi connectivity index (χ4n) is 1.96. The van der Waals surface area contributed by atoms with Crippen molar-refractivity contribution in [2.45, 2.75) is 32.9 Å². The molecule has 1 aromatic carbocycles. The molecular formula is C12H14N2O3. The molecule has 0 N–H and O–H groups in total. The van der Waals surface area contributed by atoms with Crippen molar-refractivity contribution in [1.29, 1.82) is 0 Å². The van der Waals surface area contributed by atoms with Gasteiger partial charge in [0, 0.05) is 29.8 Å². The summed E-state index contributed by atoms with van der Waals surface area (Å²) >= 11 is 0. The van der Waals surface area contributed by atoms with Crippen LogP contribution in [0.25, 0.3) is 0 Å². The number of benzene rings is 1. The molecule has 5 nitrogen and oxygen atoms in total. The minimum atomic E-state index is -0.440. The van der Waals surface area contributed by atoms with Gasteiger partial charge < -0.3 is 4.90 Å². The van der Waals surface area contributed by atoms with Gasteiger partial charge in [0.05, 0.1) is 4.92 Å². The summed E-state index contributed by atoms with van der Waals surface area (Å²) in [5.74, 6) is -0.0533. The van der Waals surface area contributed by atoms with Crippen molar-refractivity contribution in [3.05, 3.63) is 39.4 Å². The Morgan fingerprint density at radius 1 is 1.35 bits per heavy atom. The summed E-state index contributed by atoms with van der Waals surface area (Å²) in [6, 6.07) is 4.41. The molecule has 1 amide bonds. The third kappa shape index (κ3) is 1.88. The molecule has 0 fully saturated rings. The van der Waals surface area contributed by atoms with Gasteiger partial charge in [0.15, 0.2) is 0 Å². The van der Waals surface area contributed by atoms with Crippen LogP contribution in [0.1, 0.15) is 36.7 Å². The summed E-state index contributed by atoms with van der Waals surface area (Å²) in [6.45, 7) is 6.29. The summed E-state index contributed by atoms with van der Waals surface area (Å²) in [7, 11) is 0. The van der Waals surface area contributed by atoms with Gasteiger partial charge in [0.1, 0.15) is 0 Å². The molecule has 0 aliphatic carbocycles. The van der Waals surface area contributed by atoms with E-state index in [1.54, 1.807) is 11.0 Å². The average Bonchev–Trinajstić information content (AvgIpc) is 2.55. The van der Waals surface area contributed by atoms with Gasteiger partial charge in [-0.15, -0.1) is 0 Å². The maximum absolute atomic E-state index is 12.1. The van der Waals surface area contributed by atoms with Crippen LogP contribution in [0.5, 0.6) is 0 Å². The minimum Gasteiger partial charge on any atom is -0.329 e. The number of carbonyl (C=O) groups is 1. The number of carbonyl (C=O) groups excluding carboxylic acids is 1. The minimum absolute atomic E-state index is 0.0345. The standard InChI is InChI=1S/C12H14N2O3/c1-12(2,3)13-7-8-6-9(14(16)17)4-5-10(8)11(13)15/h4-6H,7H2,1-3H3. The van der Waals surface area contributed by atoms with Crippen molar-refractivity contribution in [3.63, 3.8) is 0 Å². The Labute approximate surface area is 99.2 Å². The van der Waals surface area contributed by atoms with Gasteiger partial charge in [-0.1, -0.05) is 0 Å². The number of hydrogen-bond donors (Lipinski definition) is 0. The first kappa shape index (κ1) is 11.6. The molecule has 0 atom stereocenters. The Hall–Kier alpha value is -1.91. The van der Waals surface area contributed by atoms with Crippen LogP contribution in [-0.2, 0) is 6.54 Å². The van der Waals surface area contributed by atoms with Crippen molar-refractivity contribution in [1.82, 2.24) is 4.90 Å². The van der Waals surface area contributed by atoms with E-state index >= 15 is 0 Å². The van der Waals surface area contributed by atoms with Gasteiger partial charge in [0.2, 0.25) is 0 Å². The van der Waals surface area contributed by atoms with Crippen molar-refractivity contribution in [2.75, 3.05) is 0 Å². The van der Waals surface area contributed by atoms with Crippen molar-refractivity contribution in [2.24, 2.45) is 0 Å². The fraction of sp³-hybridized carbons (Fsp3) is 0.417. The largest absolute Gasteiger partial charge is 0.329 e. The molecule has 0 saturated heterocycles. The average molecular weight is 234 g/mol. The lowest BCUT2D eigenvalue weighted by Gasteiger charge is -2.31. The Bertz CT molecular complexity index is 503. The predicted molar refractivity (Wildman–Crippen MR) is 62.7 cm³/mol. The van der Waals surface area contributed by atoms with Gasteiger partial charge in [-0.3, -0.25) is 14.9 Å². The molecule has 2 rings (SSSR count). The highest BCUT2D eigenvalue weighted by Gasteiger charge is 2.35. The third-order valence-corrected chi connectivity index (χ3v) is 2.91. The summed E-state index contributed by atoms with van der Waals surface area (Å²) < 4.78 is 0. The molecule has 5 heteroatoms. The maximum Gasteiger partial charge on any atom is 0.269 e. The molecule has 0 spiro atoms. The number of non-ortho nitro benzene ring substituents is 1. The molecule has 0 saturated carbocycles. The number of amides is 1. The maximum atomic E-state index is 12.1. The van der Waals surface area contributed by atoms with E-state index in [4.69, 9.17) is 0 Å². The second-order valence-electron chi connectivity index (χ2n) is 5.16. The second-order valence-corrected chi connectivity index (χ2v) is 5.16. The van der Waals surface area contributed by atoms with Crippen LogP contribution in [0, 0.1) is 10.1 Å². The van der Waals surface area contributed by atoms with E-state index in [2.05, 4.69) is 0 Å². The number of nitro benzene ring substituents is 1. The first-order valence-corrected chi connectivity index (χ1v) is 5.40. The van der Waals surface area contributed by atoms with E-state index in [0.29, 0.717) is 12.1 Å². The van der Waals surface area contributed by atoms with Crippen LogP contribution in [0.15, 0.2) is 18.2 Å². The Kier molecular flexibility index (Phi) is 2.41. The highest BCUT2D eigenvalue weighted by Crippen LogP contribution is 2.31. The van der Waals surface area contributed by atoms with Crippen molar-refractivity contribution < 1.29 is 9.72 Å². The van der Waals surface area contributed by atoms with Crippen LogP contribution in [0.2, 0.25) is 0 Å². The van der Waals surface area contributed by atoms with Crippen LogP contribution < -0.4 is 0 Å². The first-order valence-electron chi connectivity index (χ1n) is 5.40. The van der Waals surface area contributed by atoms with E-state index in [0.717, 1.165) is 5.56 Å². The van der Waals surface area contributed by atoms with Crippen molar-refractivity contribution >= 4 is 11.6 Å². The zero-order chi connectivity index (χ0) is 12.8. The van der Waals surface area contributed by atoms with E-state index in [1.165, 1.54) is 12.1 Å². The zero-order valence-electron chi connectivity index (χ0n) is 10.1. The molecule has 1 heterocycles. The lowest BCUT2D eigenvalue weighted by Crippen LogP contribution is -2.41. The highest BCUT2D eigenvalue weighted by molar-refractivity contribution is 5.99. The predicted octanol–water partition coefficient (Wildman–Crippen LogP) is 2.35. The van der Waals surface area contributed by atoms with Gasteiger partial charge >= 0.3 is 0 Å². The molecule has 0 radical (unpaired) electrons. The Balaban J connectivity index is 2.42. The van der Waals surface area contributed by atoms with E-state index < -0.39 is 4.92 Å². The van der Waals surface area contributed by atoms with Crippen LogP contribution >= 0.6 is 0 Å². The molecule has 1 aromatic rings. The number of rotatable bonds is 1. The van der Waals surface area contributed by atoms with Gasteiger partial charge in [-0.25, -0.2) is 0 Å². The van der Waals surface area contributed by atoms with Crippen molar-refractivity contribution in [3.8, 4) is 0 Å². The number of fused-ring (bicyclic) bond motifs is 1. The van der Waals surface area contributed by atoms with E-state index in [-0.39, 0.29) is 17.1 Å². The molecule has 90 valence electrons. The Morgan fingerprint density at radius 3 is 2.53 bits per heavy atom.